The first-order chi connectivity index (χ1) is 19.0. The van der Waals surface area contributed by atoms with Crippen molar-refractivity contribution in [3.8, 4) is 0 Å². The Bertz CT molecular complexity index is 1260. The highest BCUT2D eigenvalue weighted by molar-refractivity contribution is 6.14. The van der Waals surface area contributed by atoms with Crippen molar-refractivity contribution in [2.75, 3.05) is 19.7 Å². The summed E-state index contributed by atoms with van der Waals surface area (Å²) < 4.78 is 10.8. The van der Waals surface area contributed by atoms with Gasteiger partial charge in [0.05, 0.1) is 6.61 Å². The molecule has 4 rings (SSSR count). The van der Waals surface area contributed by atoms with Crippen LogP contribution in [0.2, 0.25) is 0 Å². The Morgan fingerprint density at radius 3 is 2.36 bits per heavy atom. The van der Waals surface area contributed by atoms with Crippen molar-refractivity contribution in [1.82, 2.24) is 14.8 Å². The summed E-state index contributed by atoms with van der Waals surface area (Å²) >= 11 is 0. The molecule has 0 bridgehead atoms. The van der Waals surface area contributed by atoms with E-state index in [1.54, 1.807) is 43.3 Å². The number of ether oxygens (including phenoxy) is 1. The summed E-state index contributed by atoms with van der Waals surface area (Å²) in [7, 11) is 0. The van der Waals surface area contributed by atoms with Crippen molar-refractivity contribution < 1.29 is 23.5 Å². The van der Waals surface area contributed by atoms with Crippen molar-refractivity contribution in [3.05, 3.63) is 66.1 Å². The number of carbonyl (C=O) groups excluding carboxylic acids is 3. The SMILES string of the molecule is CCCN(C(=O)c1nc2ccccc2o1)C(=O)N(CCC1CCCCC1)C(=NC(=O)OCC)c1ccccc1. The third-order valence-electron chi connectivity index (χ3n) is 6.87. The van der Waals surface area contributed by atoms with Gasteiger partial charge >= 0.3 is 18.0 Å². The van der Waals surface area contributed by atoms with Gasteiger partial charge in [0.15, 0.2) is 11.4 Å². The second-order valence-electron chi connectivity index (χ2n) is 9.67. The molecule has 0 atom stereocenters. The molecule has 0 aliphatic heterocycles. The van der Waals surface area contributed by atoms with Gasteiger partial charge in [-0.2, -0.15) is 4.99 Å². The molecule has 1 aromatic heterocycles. The van der Waals surface area contributed by atoms with Gasteiger partial charge in [0.2, 0.25) is 0 Å². The van der Waals surface area contributed by atoms with Gasteiger partial charge in [0.1, 0.15) is 5.52 Å². The number of hydrogen-bond donors (Lipinski definition) is 0. The topological polar surface area (TPSA) is 105 Å². The lowest BCUT2D eigenvalue weighted by molar-refractivity contribution is 0.0742. The van der Waals surface area contributed by atoms with Crippen molar-refractivity contribution in [2.45, 2.75) is 58.8 Å². The Hall–Kier alpha value is -4.01. The molecule has 0 saturated heterocycles. The predicted octanol–water partition coefficient (Wildman–Crippen LogP) is 6.68. The van der Waals surface area contributed by atoms with Gasteiger partial charge in [0.25, 0.3) is 5.89 Å². The monoisotopic (exact) mass is 532 g/mol. The molecule has 3 aromatic rings. The smallest absolute Gasteiger partial charge is 0.435 e. The van der Waals surface area contributed by atoms with E-state index in [0.717, 1.165) is 24.2 Å². The van der Waals surface area contributed by atoms with Crippen LogP contribution in [0.25, 0.3) is 11.1 Å². The second-order valence-corrected chi connectivity index (χ2v) is 9.67. The zero-order chi connectivity index (χ0) is 27.6. The maximum Gasteiger partial charge on any atom is 0.435 e. The summed E-state index contributed by atoms with van der Waals surface area (Å²) in [6.45, 7) is 4.19. The van der Waals surface area contributed by atoms with Crippen molar-refractivity contribution >= 4 is 35.0 Å². The number of rotatable bonds is 8. The fourth-order valence-electron chi connectivity index (χ4n) is 4.92. The molecule has 206 valence electrons. The summed E-state index contributed by atoms with van der Waals surface area (Å²) in [6, 6.07) is 15.5. The van der Waals surface area contributed by atoms with Gasteiger partial charge in [-0.05, 0) is 37.8 Å². The lowest BCUT2D eigenvalue weighted by Crippen LogP contribution is -2.50. The average Bonchev–Trinajstić information content (AvgIpc) is 3.40. The highest BCUT2D eigenvalue weighted by atomic mass is 16.5. The molecule has 0 spiro atoms. The molecule has 4 amide bonds. The van der Waals surface area contributed by atoms with Crippen LogP contribution in [0, 0.1) is 5.92 Å². The number of urea groups is 1. The van der Waals surface area contributed by atoms with Crippen LogP contribution < -0.4 is 0 Å². The molecule has 1 saturated carbocycles. The van der Waals surface area contributed by atoms with Crippen molar-refractivity contribution in [1.29, 1.82) is 0 Å². The number of hydrogen-bond acceptors (Lipinski definition) is 6. The molecular weight excluding hydrogens is 496 g/mol. The number of imide groups is 1. The van der Waals surface area contributed by atoms with E-state index < -0.39 is 18.0 Å². The van der Waals surface area contributed by atoms with Crippen LogP contribution in [0.4, 0.5) is 9.59 Å². The van der Waals surface area contributed by atoms with Crippen LogP contribution in [0.1, 0.15) is 75.0 Å². The van der Waals surface area contributed by atoms with Gasteiger partial charge in [-0.1, -0.05) is 81.5 Å². The minimum absolute atomic E-state index is 0.151. The van der Waals surface area contributed by atoms with Crippen LogP contribution >= 0.6 is 0 Å². The maximum atomic E-state index is 14.2. The zero-order valence-electron chi connectivity index (χ0n) is 22.7. The van der Waals surface area contributed by atoms with E-state index in [-0.39, 0.29) is 24.9 Å². The number of aliphatic imine (C=N–C) groups is 1. The fourth-order valence-corrected chi connectivity index (χ4v) is 4.92. The molecule has 0 N–H and O–H groups in total. The van der Waals surface area contributed by atoms with E-state index in [0.29, 0.717) is 35.5 Å². The van der Waals surface area contributed by atoms with E-state index in [4.69, 9.17) is 9.15 Å². The standard InChI is InChI=1S/C30H36N4O5/c1-3-20-34(28(35)27-31-24-17-11-12-18-25(24)39-27)30(37)33(21-19-22-13-7-5-8-14-22)26(32-29(36)38-4-2)23-15-9-6-10-16-23/h6,9-12,15-18,22H,3-5,7-8,13-14,19-21H2,1-2H3. The third kappa shape index (κ3) is 7.10. The molecule has 1 aliphatic rings. The van der Waals surface area contributed by atoms with E-state index >= 15 is 0 Å². The molecule has 1 heterocycles. The van der Waals surface area contributed by atoms with Crippen LogP contribution in [0.15, 0.2) is 64.0 Å². The number of amides is 4. The average molecular weight is 533 g/mol. The molecule has 1 fully saturated rings. The van der Waals surface area contributed by atoms with Crippen LogP contribution in [-0.4, -0.2) is 58.3 Å². The number of nitrogens with zero attached hydrogens (tertiary/aromatic N) is 4. The molecule has 39 heavy (non-hydrogen) atoms. The minimum Gasteiger partial charge on any atom is -0.448 e. The molecule has 0 unspecified atom stereocenters. The van der Waals surface area contributed by atoms with E-state index in [2.05, 4.69) is 9.98 Å². The molecule has 1 aliphatic carbocycles. The fraction of sp³-hybridized carbons (Fsp3) is 0.433. The summed E-state index contributed by atoms with van der Waals surface area (Å²) in [5, 5.41) is 0. The van der Waals surface area contributed by atoms with E-state index in [1.807, 2.05) is 25.1 Å². The Kier molecular flexibility index (Phi) is 9.83. The van der Waals surface area contributed by atoms with Gasteiger partial charge in [-0.15, -0.1) is 0 Å². The summed E-state index contributed by atoms with van der Waals surface area (Å²) in [5.74, 6) is -0.180. The van der Waals surface area contributed by atoms with Gasteiger partial charge in [-0.25, -0.2) is 14.6 Å². The quantitative estimate of drug-likeness (QED) is 0.237. The molecule has 0 radical (unpaired) electrons. The summed E-state index contributed by atoms with van der Waals surface area (Å²) in [5.41, 5.74) is 1.58. The third-order valence-corrected chi connectivity index (χ3v) is 6.87. The van der Waals surface area contributed by atoms with Gasteiger partial charge in [-0.3, -0.25) is 14.6 Å². The lowest BCUT2D eigenvalue weighted by Gasteiger charge is -2.31. The number of para-hydroxylation sites is 2. The number of carbonyl (C=O) groups is 3. The lowest BCUT2D eigenvalue weighted by atomic mass is 9.87. The van der Waals surface area contributed by atoms with Gasteiger partial charge < -0.3 is 9.15 Å². The largest absolute Gasteiger partial charge is 0.448 e. The minimum atomic E-state index is -0.792. The summed E-state index contributed by atoms with van der Waals surface area (Å²) in [4.78, 5) is 51.5. The van der Waals surface area contributed by atoms with Crippen molar-refractivity contribution in [2.24, 2.45) is 10.9 Å². The first-order valence-electron chi connectivity index (χ1n) is 13.8. The Morgan fingerprint density at radius 1 is 0.949 bits per heavy atom. The Balaban J connectivity index is 1.72. The maximum absolute atomic E-state index is 14.2. The Labute approximate surface area is 228 Å². The number of amidine groups is 1. The molecule has 2 aromatic carbocycles. The summed E-state index contributed by atoms with van der Waals surface area (Å²) in [6.07, 6.45) is 6.22. The van der Waals surface area contributed by atoms with Gasteiger partial charge in [0, 0.05) is 18.7 Å². The molecule has 9 heteroatoms. The highest BCUT2D eigenvalue weighted by Crippen LogP contribution is 2.27. The normalized spacial score (nSPS) is 14.3. The molecular formula is C30H36N4O5. The highest BCUT2D eigenvalue weighted by Gasteiger charge is 2.33. The zero-order valence-corrected chi connectivity index (χ0v) is 22.7. The molecule has 9 nitrogen and oxygen atoms in total. The van der Waals surface area contributed by atoms with Crippen LogP contribution in [0.3, 0.4) is 0 Å². The number of oxazole rings is 1. The Morgan fingerprint density at radius 2 is 1.67 bits per heavy atom. The van der Waals surface area contributed by atoms with Crippen molar-refractivity contribution in [3.63, 3.8) is 0 Å². The van der Waals surface area contributed by atoms with E-state index in [9.17, 15) is 14.4 Å². The predicted molar refractivity (Wildman–Crippen MR) is 149 cm³/mol. The first-order valence-corrected chi connectivity index (χ1v) is 13.8. The first kappa shape index (κ1) is 28.0. The van der Waals surface area contributed by atoms with Crippen LogP contribution in [-0.2, 0) is 4.74 Å². The number of fused-ring (bicyclic) bond motifs is 1. The van der Waals surface area contributed by atoms with E-state index in [1.165, 1.54) is 24.2 Å². The number of benzene rings is 2. The number of aromatic nitrogens is 1. The van der Waals surface area contributed by atoms with Crippen LogP contribution in [0.5, 0.6) is 0 Å². The second kappa shape index (κ2) is 13.7.